The number of nitrogens with zero attached hydrogens (tertiary/aromatic N) is 2. The molecule has 0 saturated heterocycles. The Bertz CT molecular complexity index is 1540. The van der Waals surface area contributed by atoms with E-state index in [9.17, 15) is 14.4 Å². The highest BCUT2D eigenvalue weighted by atomic mass is 35.5. The molecular weight excluding hydrogens is 492 g/mol. The number of halogens is 1. The van der Waals surface area contributed by atoms with Gasteiger partial charge in [-0.25, -0.2) is 9.79 Å². The molecule has 35 heavy (non-hydrogen) atoms. The largest absolute Gasteiger partial charge is 0.493 e. The van der Waals surface area contributed by atoms with E-state index in [4.69, 9.17) is 25.8 Å². The second-order valence-corrected chi connectivity index (χ2v) is 9.07. The summed E-state index contributed by atoms with van der Waals surface area (Å²) in [6, 6.07) is 11.2. The van der Waals surface area contributed by atoms with Crippen molar-refractivity contribution in [3.63, 3.8) is 0 Å². The lowest BCUT2D eigenvalue weighted by Crippen LogP contribution is -2.39. The summed E-state index contributed by atoms with van der Waals surface area (Å²) >= 11 is 7.26. The van der Waals surface area contributed by atoms with Crippen molar-refractivity contribution in [2.24, 2.45) is 4.99 Å². The Morgan fingerprint density at radius 2 is 1.83 bits per heavy atom. The Labute approximate surface area is 209 Å². The zero-order chi connectivity index (χ0) is 25.3. The lowest BCUT2D eigenvalue weighted by atomic mass is 9.96. The number of hydrogen-bond acceptors (Lipinski definition) is 8. The Morgan fingerprint density at radius 1 is 1.11 bits per heavy atom. The fourth-order valence-electron chi connectivity index (χ4n) is 3.82. The van der Waals surface area contributed by atoms with Crippen LogP contribution in [-0.2, 0) is 14.3 Å². The summed E-state index contributed by atoms with van der Waals surface area (Å²) in [5.41, 5.74) is 1.79. The number of rotatable bonds is 5. The molecule has 1 aliphatic heterocycles. The zero-order valence-electron chi connectivity index (χ0n) is 19.3. The molecule has 2 heterocycles. The molecule has 4 rings (SSSR count). The molecule has 0 spiro atoms. The third kappa shape index (κ3) is 4.78. The normalized spacial score (nSPS) is 15.3. The number of esters is 2. The smallest absolute Gasteiger partial charge is 0.338 e. The maximum atomic E-state index is 13.6. The summed E-state index contributed by atoms with van der Waals surface area (Å²) in [6.45, 7) is 3.01. The molecular formula is C25H21ClN2O6S. The van der Waals surface area contributed by atoms with Crippen LogP contribution >= 0.6 is 22.9 Å². The van der Waals surface area contributed by atoms with Crippen molar-refractivity contribution in [1.82, 2.24) is 4.57 Å². The second-order valence-electron chi connectivity index (χ2n) is 7.63. The van der Waals surface area contributed by atoms with Gasteiger partial charge in [-0.1, -0.05) is 41.1 Å². The van der Waals surface area contributed by atoms with Crippen LogP contribution in [0.15, 0.2) is 63.5 Å². The number of hydrogen-bond donors (Lipinski definition) is 0. The number of fused-ring (bicyclic) bond motifs is 1. The molecule has 10 heteroatoms. The van der Waals surface area contributed by atoms with Gasteiger partial charge < -0.3 is 14.2 Å². The topological polar surface area (TPSA) is 96.2 Å². The van der Waals surface area contributed by atoms with Crippen LogP contribution in [0, 0.1) is 0 Å². The van der Waals surface area contributed by atoms with E-state index in [1.54, 1.807) is 55.5 Å². The Balaban J connectivity index is 1.89. The summed E-state index contributed by atoms with van der Waals surface area (Å²) in [6.07, 6.45) is 1.69. The molecule has 1 atom stereocenters. The average Bonchev–Trinajstić information content (AvgIpc) is 3.13. The first-order valence-electron chi connectivity index (χ1n) is 10.5. The van der Waals surface area contributed by atoms with Gasteiger partial charge in [0.05, 0.1) is 36.1 Å². The molecule has 0 unspecified atom stereocenters. The second kappa shape index (κ2) is 9.89. The number of ether oxygens (including phenoxy) is 3. The number of benzene rings is 2. The molecule has 3 aromatic rings. The van der Waals surface area contributed by atoms with Gasteiger partial charge in [0, 0.05) is 11.9 Å². The van der Waals surface area contributed by atoms with E-state index < -0.39 is 18.0 Å². The summed E-state index contributed by atoms with van der Waals surface area (Å²) in [5.74, 6) is -0.404. The number of methoxy groups -OCH3 is 2. The molecule has 0 fully saturated rings. The minimum atomic E-state index is -0.723. The third-order valence-electron chi connectivity index (χ3n) is 5.35. The van der Waals surface area contributed by atoms with Gasteiger partial charge >= 0.3 is 11.9 Å². The van der Waals surface area contributed by atoms with E-state index in [2.05, 4.69) is 4.99 Å². The van der Waals surface area contributed by atoms with Gasteiger partial charge in [-0.3, -0.25) is 14.2 Å². The minimum absolute atomic E-state index is 0.277. The monoisotopic (exact) mass is 512 g/mol. The van der Waals surface area contributed by atoms with E-state index in [1.807, 2.05) is 0 Å². The van der Waals surface area contributed by atoms with Gasteiger partial charge in [-0.05, 0) is 48.4 Å². The van der Waals surface area contributed by atoms with Crippen LogP contribution in [0.4, 0.5) is 0 Å². The highest BCUT2D eigenvalue weighted by molar-refractivity contribution is 7.07. The fourth-order valence-corrected chi connectivity index (χ4v) is 4.99. The highest BCUT2D eigenvalue weighted by Crippen LogP contribution is 2.31. The van der Waals surface area contributed by atoms with Crippen LogP contribution in [0.5, 0.6) is 11.5 Å². The quantitative estimate of drug-likeness (QED) is 0.385. The molecule has 0 aliphatic carbocycles. The standard InChI is InChI=1S/C25H21ClN2O6S/c1-13-21(24(31)33-4)22(16-6-8-17(26)9-7-16)28-23(30)20(35-25(28)27-13)12-15-5-10-18(34-14(2)29)19(11-15)32-3/h5-12,22H,1-4H3/b20-12+/t22-/m1/s1. The maximum absolute atomic E-state index is 13.6. The van der Waals surface area contributed by atoms with E-state index >= 15 is 0 Å². The lowest BCUT2D eigenvalue weighted by molar-refractivity contribution is -0.136. The van der Waals surface area contributed by atoms with Crippen LogP contribution in [0.1, 0.15) is 31.0 Å². The number of carbonyl (C=O) groups excluding carboxylic acids is 2. The van der Waals surface area contributed by atoms with Crippen LogP contribution < -0.4 is 24.4 Å². The predicted octanol–water partition coefficient (Wildman–Crippen LogP) is 3.00. The van der Waals surface area contributed by atoms with Gasteiger partial charge in [-0.15, -0.1) is 0 Å². The summed E-state index contributed by atoms with van der Waals surface area (Å²) in [4.78, 5) is 42.6. The lowest BCUT2D eigenvalue weighted by Gasteiger charge is -2.24. The number of allylic oxidation sites excluding steroid dienone is 1. The first kappa shape index (κ1) is 24.4. The van der Waals surface area contributed by atoms with Crippen molar-refractivity contribution < 1.29 is 23.8 Å². The summed E-state index contributed by atoms with van der Waals surface area (Å²) < 4.78 is 17.4. The first-order chi connectivity index (χ1) is 16.7. The Kier molecular flexibility index (Phi) is 6.90. The zero-order valence-corrected chi connectivity index (χ0v) is 20.9. The average molecular weight is 513 g/mol. The molecule has 0 amide bonds. The van der Waals surface area contributed by atoms with Crippen molar-refractivity contribution in [1.29, 1.82) is 0 Å². The van der Waals surface area contributed by atoms with Crippen LogP contribution in [0.2, 0.25) is 5.02 Å². The van der Waals surface area contributed by atoms with Gasteiger partial charge in [0.25, 0.3) is 5.56 Å². The fraction of sp³-hybridized carbons (Fsp3) is 0.200. The van der Waals surface area contributed by atoms with E-state index in [0.29, 0.717) is 36.9 Å². The maximum Gasteiger partial charge on any atom is 0.338 e. The van der Waals surface area contributed by atoms with Gasteiger partial charge in [0.1, 0.15) is 0 Å². The summed E-state index contributed by atoms with van der Waals surface area (Å²) in [7, 11) is 2.75. The van der Waals surface area contributed by atoms with Crippen LogP contribution in [0.25, 0.3) is 6.08 Å². The highest BCUT2D eigenvalue weighted by Gasteiger charge is 2.33. The minimum Gasteiger partial charge on any atom is -0.493 e. The number of thiazole rings is 1. The van der Waals surface area contributed by atoms with E-state index in [-0.39, 0.29) is 16.9 Å². The molecule has 0 saturated carbocycles. The van der Waals surface area contributed by atoms with E-state index in [0.717, 1.165) is 0 Å². The first-order valence-corrected chi connectivity index (χ1v) is 11.7. The molecule has 0 bridgehead atoms. The molecule has 1 aliphatic rings. The third-order valence-corrected chi connectivity index (χ3v) is 6.59. The SMILES string of the molecule is COC(=O)C1=C(C)N=c2s/c(=C/c3ccc(OC(C)=O)c(OC)c3)c(=O)n2[C@@H]1c1ccc(Cl)cc1. The van der Waals surface area contributed by atoms with Crippen molar-refractivity contribution >= 4 is 41.0 Å². The number of aromatic nitrogens is 1. The Hall–Kier alpha value is -3.69. The molecule has 1 aromatic heterocycles. The molecule has 0 N–H and O–H groups in total. The Morgan fingerprint density at radius 3 is 2.46 bits per heavy atom. The van der Waals surface area contributed by atoms with Gasteiger partial charge in [-0.2, -0.15) is 0 Å². The molecule has 180 valence electrons. The predicted molar refractivity (Wildman–Crippen MR) is 132 cm³/mol. The molecule has 2 aromatic carbocycles. The van der Waals surface area contributed by atoms with Crippen molar-refractivity contribution in [3.05, 3.63) is 89.6 Å². The van der Waals surface area contributed by atoms with Gasteiger partial charge in [0.15, 0.2) is 16.3 Å². The van der Waals surface area contributed by atoms with Crippen LogP contribution in [-0.4, -0.2) is 30.7 Å². The van der Waals surface area contributed by atoms with Gasteiger partial charge in [0.2, 0.25) is 0 Å². The molecule has 0 radical (unpaired) electrons. The van der Waals surface area contributed by atoms with Crippen molar-refractivity contribution in [2.75, 3.05) is 14.2 Å². The summed E-state index contributed by atoms with van der Waals surface area (Å²) in [5, 5.41) is 0.535. The van der Waals surface area contributed by atoms with Crippen molar-refractivity contribution in [2.45, 2.75) is 19.9 Å². The van der Waals surface area contributed by atoms with Crippen molar-refractivity contribution in [3.8, 4) is 11.5 Å². The molecule has 8 nitrogen and oxygen atoms in total. The number of carbonyl (C=O) groups is 2. The van der Waals surface area contributed by atoms with Crippen LogP contribution in [0.3, 0.4) is 0 Å². The van der Waals surface area contributed by atoms with E-state index in [1.165, 1.54) is 37.0 Å².